The molecule has 0 saturated carbocycles. The van der Waals surface area contributed by atoms with Gasteiger partial charge in [0, 0.05) is 0 Å². The maximum atomic E-state index is 11.7. The lowest BCUT2D eigenvalue weighted by molar-refractivity contribution is -0.117. The molecule has 92 valence electrons. The van der Waals surface area contributed by atoms with Crippen LogP contribution in [-0.2, 0) is 9.53 Å². The molecular formula is C11H13NO4S. The molecule has 1 N–H and O–H groups in total. The quantitative estimate of drug-likeness (QED) is 0.799. The summed E-state index contributed by atoms with van der Waals surface area (Å²) in [6, 6.07) is 0. The molecule has 1 aromatic rings. The largest absolute Gasteiger partial charge is 0.465 e. The number of carbonyl (C=O) groups is 2. The van der Waals surface area contributed by atoms with Gasteiger partial charge in [0.1, 0.15) is 5.00 Å². The number of hydrogen-bond acceptors (Lipinski definition) is 5. The first-order valence-corrected chi connectivity index (χ1v) is 6.07. The van der Waals surface area contributed by atoms with E-state index in [2.05, 4.69) is 0 Å². The first-order valence-electron chi connectivity index (χ1n) is 5.19. The molecule has 0 aromatic carbocycles. The lowest BCUT2D eigenvalue weighted by Crippen LogP contribution is -2.26. The van der Waals surface area contributed by atoms with E-state index in [-0.39, 0.29) is 18.9 Å². The molecule has 1 fully saturated rings. The zero-order valence-electron chi connectivity index (χ0n) is 9.60. The van der Waals surface area contributed by atoms with Crippen molar-refractivity contribution in [3.63, 3.8) is 0 Å². The summed E-state index contributed by atoms with van der Waals surface area (Å²) < 4.78 is 4.71. The Hall–Kier alpha value is -1.40. The standard InChI is InChI=1S/C11H13NO4S/c1-6-5-17-10(9(6)11(15)16-2)12-4-7(13)3-8(12)14/h5,7,13H,3-4H2,1-2H3. The number of methoxy groups -OCH3 is 1. The van der Waals surface area contributed by atoms with Gasteiger partial charge in [0.05, 0.1) is 31.7 Å². The molecule has 0 radical (unpaired) electrons. The topological polar surface area (TPSA) is 66.8 Å². The van der Waals surface area contributed by atoms with Gasteiger partial charge in [-0.25, -0.2) is 4.79 Å². The molecule has 2 heterocycles. The summed E-state index contributed by atoms with van der Waals surface area (Å²) in [4.78, 5) is 24.8. The van der Waals surface area contributed by atoms with Crippen molar-refractivity contribution < 1.29 is 19.4 Å². The highest BCUT2D eigenvalue weighted by Crippen LogP contribution is 2.34. The van der Waals surface area contributed by atoms with Crippen LogP contribution in [0.3, 0.4) is 0 Å². The number of β-amino-alcohol motifs (C(OH)–C–C–N with tert-alkyl or cyclic N) is 1. The molecule has 0 spiro atoms. The molecule has 1 unspecified atom stereocenters. The van der Waals surface area contributed by atoms with Gasteiger partial charge >= 0.3 is 5.97 Å². The first-order chi connectivity index (χ1) is 8.04. The summed E-state index contributed by atoms with van der Waals surface area (Å²) in [6.07, 6.45) is -0.548. The van der Waals surface area contributed by atoms with Gasteiger partial charge in [-0.15, -0.1) is 11.3 Å². The van der Waals surface area contributed by atoms with E-state index in [0.717, 1.165) is 5.56 Å². The average Bonchev–Trinajstić information content (AvgIpc) is 2.80. The van der Waals surface area contributed by atoms with E-state index < -0.39 is 12.1 Å². The summed E-state index contributed by atoms with van der Waals surface area (Å²) in [6.45, 7) is 2.03. The summed E-state index contributed by atoms with van der Waals surface area (Å²) in [7, 11) is 1.31. The number of aryl methyl sites for hydroxylation is 1. The van der Waals surface area contributed by atoms with Crippen molar-refractivity contribution >= 4 is 28.2 Å². The van der Waals surface area contributed by atoms with E-state index in [1.807, 2.05) is 0 Å². The summed E-state index contributed by atoms with van der Waals surface area (Å²) in [5.74, 6) is -0.613. The Labute approximate surface area is 103 Å². The SMILES string of the molecule is COC(=O)c1c(C)csc1N1CC(O)CC1=O. The number of thiophene rings is 1. The second-order valence-electron chi connectivity index (χ2n) is 3.95. The minimum absolute atomic E-state index is 0.109. The van der Waals surface area contributed by atoms with E-state index in [1.165, 1.54) is 23.3 Å². The molecular weight excluding hydrogens is 242 g/mol. The number of hydrogen-bond donors (Lipinski definition) is 1. The highest BCUT2D eigenvalue weighted by atomic mass is 32.1. The van der Waals surface area contributed by atoms with Crippen molar-refractivity contribution in [2.75, 3.05) is 18.6 Å². The van der Waals surface area contributed by atoms with Crippen LogP contribution in [0.2, 0.25) is 0 Å². The van der Waals surface area contributed by atoms with Crippen LogP contribution in [0.25, 0.3) is 0 Å². The fraction of sp³-hybridized carbons (Fsp3) is 0.455. The third-order valence-electron chi connectivity index (χ3n) is 2.69. The predicted molar refractivity (Wildman–Crippen MR) is 63.4 cm³/mol. The average molecular weight is 255 g/mol. The van der Waals surface area contributed by atoms with Crippen LogP contribution >= 0.6 is 11.3 Å². The van der Waals surface area contributed by atoms with Crippen molar-refractivity contribution in [1.82, 2.24) is 0 Å². The highest BCUT2D eigenvalue weighted by Gasteiger charge is 2.33. The van der Waals surface area contributed by atoms with Crippen molar-refractivity contribution in [2.45, 2.75) is 19.4 Å². The van der Waals surface area contributed by atoms with Crippen LogP contribution < -0.4 is 4.90 Å². The van der Waals surface area contributed by atoms with Gasteiger partial charge in [0.15, 0.2) is 0 Å². The molecule has 6 heteroatoms. The number of aliphatic hydroxyl groups excluding tert-OH is 1. The van der Waals surface area contributed by atoms with E-state index in [0.29, 0.717) is 10.6 Å². The Kier molecular flexibility index (Phi) is 3.17. The summed E-state index contributed by atoms with van der Waals surface area (Å²) in [5.41, 5.74) is 1.20. The fourth-order valence-electron chi connectivity index (χ4n) is 1.86. The van der Waals surface area contributed by atoms with Crippen molar-refractivity contribution in [1.29, 1.82) is 0 Å². The van der Waals surface area contributed by atoms with E-state index in [9.17, 15) is 14.7 Å². The predicted octanol–water partition coefficient (Wildman–Crippen LogP) is 0.941. The maximum absolute atomic E-state index is 11.7. The van der Waals surface area contributed by atoms with Crippen LogP contribution in [0, 0.1) is 6.92 Å². The second kappa shape index (κ2) is 4.46. The van der Waals surface area contributed by atoms with E-state index >= 15 is 0 Å². The number of rotatable bonds is 2. The van der Waals surface area contributed by atoms with Crippen LogP contribution in [0.4, 0.5) is 5.00 Å². The smallest absolute Gasteiger partial charge is 0.341 e. The van der Waals surface area contributed by atoms with Gasteiger partial charge in [-0.3, -0.25) is 4.79 Å². The van der Waals surface area contributed by atoms with Gasteiger partial charge in [0.2, 0.25) is 5.91 Å². The Morgan fingerprint density at radius 1 is 1.65 bits per heavy atom. The third-order valence-corrected chi connectivity index (χ3v) is 3.81. The second-order valence-corrected chi connectivity index (χ2v) is 4.81. The molecule has 1 aromatic heterocycles. The van der Waals surface area contributed by atoms with Gasteiger partial charge in [-0.05, 0) is 17.9 Å². The Bertz CT molecular complexity index is 468. The zero-order chi connectivity index (χ0) is 12.6. The summed E-state index contributed by atoms with van der Waals surface area (Å²) >= 11 is 1.32. The first kappa shape index (κ1) is 12.1. The number of nitrogens with zero attached hydrogens (tertiary/aromatic N) is 1. The van der Waals surface area contributed by atoms with E-state index in [4.69, 9.17) is 4.74 Å². The minimum atomic E-state index is -0.657. The Morgan fingerprint density at radius 3 is 2.88 bits per heavy atom. The van der Waals surface area contributed by atoms with Crippen molar-refractivity contribution in [2.24, 2.45) is 0 Å². The van der Waals surface area contributed by atoms with Crippen LogP contribution in [-0.4, -0.2) is 36.7 Å². The molecule has 0 aliphatic carbocycles. The zero-order valence-corrected chi connectivity index (χ0v) is 10.4. The molecule has 2 rings (SSSR count). The monoisotopic (exact) mass is 255 g/mol. The number of ether oxygens (including phenoxy) is 1. The molecule has 1 aliphatic heterocycles. The molecule has 1 saturated heterocycles. The minimum Gasteiger partial charge on any atom is -0.465 e. The number of anilines is 1. The van der Waals surface area contributed by atoms with Crippen LogP contribution in [0.1, 0.15) is 22.3 Å². The summed E-state index contributed by atoms with van der Waals surface area (Å²) in [5, 5.41) is 11.8. The number of carbonyl (C=O) groups excluding carboxylic acids is 2. The normalized spacial score (nSPS) is 19.8. The Balaban J connectivity index is 2.39. The fourth-order valence-corrected chi connectivity index (χ4v) is 2.94. The molecule has 1 atom stereocenters. The molecule has 5 nitrogen and oxygen atoms in total. The molecule has 1 amide bonds. The number of esters is 1. The van der Waals surface area contributed by atoms with Gasteiger partial charge < -0.3 is 14.7 Å². The maximum Gasteiger partial charge on any atom is 0.341 e. The van der Waals surface area contributed by atoms with Gasteiger partial charge in [0.25, 0.3) is 0 Å². The lowest BCUT2D eigenvalue weighted by Gasteiger charge is -2.15. The number of aliphatic hydroxyl groups is 1. The van der Waals surface area contributed by atoms with Crippen LogP contribution in [0.5, 0.6) is 0 Å². The van der Waals surface area contributed by atoms with Gasteiger partial charge in [-0.2, -0.15) is 0 Å². The van der Waals surface area contributed by atoms with Crippen molar-refractivity contribution in [3.8, 4) is 0 Å². The Morgan fingerprint density at radius 2 is 2.35 bits per heavy atom. The lowest BCUT2D eigenvalue weighted by atomic mass is 10.2. The molecule has 17 heavy (non-hydrogen) atoms. The van der Waals surface area contributed by atoms with Crippen molar-refractivity contribution in [3.05, 3.63) is 16.5 Å². The van der Waals surface area contributed by atoms with Crippen LogP contribution in [0.15, 0.2) is 5.38 Å². The molecule has 0 bridgehead atoms. The molecule has 1 aliphatic rings. The van der Waals surface area contributed by atoms with Gasteiger partial charge in [-0.1, -0.05) is 0 Å². The number of amides is 1. The third kappa shape index (κ3) is 2.05. The highest BCUT2D eigenvalue weighted by molar-refractivity contribution is 7.15. The van der Waals surface area contributed by atoms with E-state index in [1.54, 1.807) is 12.3 Å².